The number of ketones is 1. The molecule has 0 aliphatic rings. The van der Waals surface area contributed by atoms with Crippen LogP contribution >= 0.6 is 11.8 Å². The molecule has 0 N–H and O–H groups in total. The summed E-state index contributed by atoms with van der Waals surface area (Å²) in [6.07, 6.45) is 0.952. The van der Waals surface area contributed by atoms with Crippen molar-refractivity contribution in [1.82, 2.24) is 0 Å². The number of hydrogen-bond acceptors (Lipinski definition) is 2. The number of carbonyl (C=O) groups excluding carboxylic acids is 1. The van der Waals surface area contributed by atoms with Crippen LogP contribution in [-0.4, -0.2) is 11.0 Å². The molecule has 0 bridgehead atoms. The van der Waals surface area contributed by atoms with Crippen molar-refractivity contribution in [3.05, 3.63) is 65.5 Å². The molecule has 1 atom stereocenters. The van der Waals surface area contributed by atoms with E-state index in [1.807, 2.05) is 31.2 Å². The standard InChI is InChI=1S/C17H17FOS/c1-3-13-8-10-14(11-9-13)17(19)12(2)20-16-7-5-4-6-15(16)18/h4-12H,3H2,1-2H3. The van der Waals surface area contributed by atoms with Gasteiger partial charge >= 0.3 is 0 Å². The van der Waals surface area contributed by atoms with Crippen LogP contribution in [0.2, 0.25) is 0 Å². The van der Waals surface area contributed by atoms with Crippen molar-refractivity contribution in [2.24, 2.45) is 0 Å². The highest BCUT2D eigenvalue weighted by atomic mass is 32.2. The van der Waals surface area contributed by atoms with Crippen molar-refractivity contribution < 1.29 is 9.18 Å². The summed E-state index contributed by atoms with van der Waals surface area (Å²) >= 11 is 1.26. The minimum absolute atomic E-state index is 0.0286. The summed E-state index contributed by atoms with van der Waals surface area (Å²) in [5.74, 6) is -0.251. The summed E-state index contributed by atoms with van der Waals surface area (Å²) in [5, 5.41) is -0.306. The van der Waals surface area contributed by atoms with E-state index in [0.717, 1.165) is 6.42 Å². The average molecular weight is 288 g/mol. The Morgan fingerprint density at radius 2 is 1.80 bits per heavy atom. The van der Waals surface area contributed by atoms with Gasteiger partial charge in [0, 0.05) is 10.5 Å². The third-order valence-electron chi connectivity index (χ3n) is 3.16. The number of thioether (sulfide) groups is 1. The number of hydrogen-bond donors (Lipinski definition) is 0. The first-order chi connectivity index (χ1) is 9.61. The lowest BCUT2D eigenvalue weighted by Gasteiger charge is -2.11. The predicted molar refractivity (Wildman–Crippen MR) is 81.9 cm³/mol. The molecular formula is C17H17FOS. The fourth-order valence-corrected chi connectivity index (χ4v) is 2.89. The summed E-state index contributed by atoms with van der Waals surface area (Å²) in [6.45, 7) is 3.89. The van der Waals surface area contributed by atoms with Crippen LogP contribution in [0.25, 0.3) is 0 Å². The fourth-order valence-electron chi connectivity index (χ4n) is 1.92. The zero-order valence-electron chi connectivity index (χ0n) is 11.6. The summed E-state index contributed by atoms with van der Waals surface area (Å²) in [4.78, 5) is 12.8. The molecule has 1 unspecified atom stereocenters. The molecule has 0 saturated heterocycles. The Morgan fingerprint density at radius 1 is 1.15 bits per heavy atom. The van der Waals surface area contributed by atoms with E-state index in [1.54, 1.807) is 18.2 Å². The minimum atomic E-state index is -0.306. The van der Waals surface area contributed by atoms with Crippen molar-refractivity contribution in [1.29, 1.82) is 0 Å². The van der Waals surface area contributed by atoms with E-state index in [9.17, 15) is 9.18 Å². The van der Waals surface area contributed by atoms with E-state index in [2.05, 4.69) is 6.92 Å². The molecule has 0 aliphatic carbocycles. The second-order valence-corrected chi connectivity index (χ2v) is 5.99. The zero-order valence-corrected chi connectivity index (χ0v) is 12.4. The second-order valence-electron chi connectivity index (χ2n) is 4.61. The monoisotopic (exact) mass is 288 g/mol. The molecule has 0 spiro atoms. The average Bonchev–Trinajstić information content (AvgIpc) is 2.49. The molecule has 0 aliphatic heterocycles. The molecule has 2 rings (SSSR count). The van der Waals surface area contributed by atoms with Gasteiger partial charge in [-0.15, -0.1) is 11.8 Å². The van der Waals surface area contributed by atoms with Gasteiger partial charge in [0.1, 0.15) is 5.82 Å². The van der Waals surface area contributed by atoms with Gasteiger partial charge < -0.3 is 0 Å². The predicted octanol–water partition coefficient (Wildman–Crippen LogP) is 4.75. The molecule has 0 aromatic heterocycles. The number of Topliss-reactive ketones (excluding diaryl/α,β-unsaturated/α-hetero) is 1. The van der Waals surface area contributed by atoms with Crippen molar-refractivity contribution in [3.8, 4) is 0 Å². The van der Waals surface area contributed by atoms with Crippen LogP contribution in [0.3, 0.4) is 0 Å². The molecular weight excluding hydrogens is 271 g/mol. The van der Waals surface area contributed by atoms with Crippen LogP contribution in [0.1, 0.15) is 29.8 Å². The highest BCUT2D eigenvalue weighted by Gasteiger charge is 2.17. The highest BCUT2D eigenvalue weighted by molar-refractivity contribution is 8.00. The van der Waals surface area contributed by atoms with E-state index in [4.69, 9.17) is 0 Å². The van der Waals surface area contributed by atoms with E-state index in [-0.39, 0.29) is 16.9 Å². The Balaban J connectivity index is 2.10. The second kappa shape index (κ2) is 6.71. The van der Waals surface area contributed by atoms with Gasteiger partial charge in [0.25, 0.3) is 0 Å². The first kappa shape index (κ1) is 14.8. The quantitative estimate of drug-likeness (QED) is 0.583. The lowest BCUT2D eigenvalue weighted by molar-refractivity contribution is 0.0994. The maximum atomic E-state index is 13.6. The molecule has 0 saturated carbocycles. The molecule has 20 heavy (non-hydrogen) atoms. The van der Waals surface area contributed by atoms with Crippen LogP contribution in [0.15, 0.2) is 53.4 Å². The number of carbonyl (C=O) groups is 1. The first-order valence-electron chi connectivity index (χ1n) is 6.66. The van der Waals surface area contributed by atoms with Gasteiger partial charge in [0.05, 0.1) is 5.25 Å². The van der Waals surface area contributed by atoms with Gasteiger partial charge in [-0.05, 0) is 31.0 Å². The van der Waals surface area contributed by atoms with Crippen LogP contribution in [-0.2, 0) is 6.42 Å². The minimum Gasteiger partial charge on any atom is -0.293 e. The maximum absolute atomic E-state index is 13.6. The lowest BCUT2D eigenvalue weighted by Crippen LogP contribution is -2.13. The summed E-state index contributed by atoms with van der Waals surface area (Å²) in [6, 6.07) is 14.2. The van der Waals surface area contributed by atoms with Gasteiger partial charge in [-0.3, -0.25) is 4.79 Å². The smallest absolute Gasteiger partial charge is 0.175 e. The van der Waals surface area contributed by atoms with Crippen molar-refractivity contribution >= 4 is 17.5 Å². The van der Waals surface area contributed by atoms with Gasteiger partial charge in [-0.25, -0.2) is 4.39 Å². The molecule has 104 valence electrons. The third-order valence-corrected chi connectivity index (χ3v) is 4.31. The first-order valence-corrected chi connectivity index (χ1v) is 7.54. The SMILES string of the molecule is CCc1ccc(C(=O)C(C)Sc2ccccc2F)cc1. The Hall–Kier alpha value is -1.61. The van der Waals surface area contributed by atoms with Gasteiger partial charge in [-0.1, -0.05) is 43.3 Å². The molecule has 0 amide bonds. The Labute approximate surface area is 123 Å². The van der Waals surface area contributed by atoms with Crippen LogP contribution in [0.5, 0.6) is 0 Å². The Kier molecular flexibility index (Phi) is 4.96. The number of rotatable bonds is 5. The van der Waals surface area contributed by atoms with Crippen molar-refractivity contribution in [3.63, 3.8) is 0 Å². The largest absolute Gasteiger partial charge is 0.293 e. The Bertz CT molecular complexity index is 592. The Morgan fingerprint density at radius 3 is 2.40 bits per heavy atom. The van der Waals surface area contributed by atoms with Gasteiger partial charge in [-0.2, -0.15) is 0 Å². The summed E-state index contributed by atoms with van der Waals surface area (Å²) in [7, 11) is 0. The fraction of sp³-hybridized carbons (Fsp3) is 0.235. The topological polar surface area (TPSA) is 17.1 Å². The van der Waals surface area contributed by atoms with Crippen LogP contribution in [0.4, 0.5) is 4.39 Å². The van der Waals surface area contributed by atoms with E-state index >= 15 is 0 Å². The number of benzene rings is 2. The van der Waals surface area contributed by atoms with Crippen molar-refractivity contribution in [2.75, 3.05) is 0 Å². The summed E-state index contributed by atoms with van der Waals surface area (Å²) < 4.78 is 13.6. The highest BCUT2D eigenvalue weighted by Crippen LogP contribution is 2.27. The van der Waals surface area contributed by atoms with E-state index < -0.39 is 0 Å². The molecule has 0 heterocycles. The molecule has 0 fully saturated rings. The van der Waals surface area contributed by atoms with Crippen molar-refractivity contribution in [2.45, 2.75) is 30.4 Å². The molecule has 1 nitrogen and oxygen atoms in total. The zero-order chi connectivity index (χ0) is 14.5. The molecule has 2 aromatic carbocycles. The van der Waals surface area contributed by atoms with E-state index in [1.165, 1.54) is 23.4 Å². The number of aryl methyl sites for hydroxylation is 1. The summed E-state index contributed by atoms with van der Waals surface area (Å²) in [5.41, 5.74) is 1.88. The normalized spacial score (nSPS) is 12.2. The lowest BCUT2D eigenvalue weighted by atomic mass is 10.1. The van der Waals surface area contributed by atoms with Crippen LogP contribution in [0, 0.1) is 5.82 Å². The number of halogens is 1. The molecule has 0 radical (unpaired) electrons. The third kappa shape index (κ3) is 3.48. The molecule has 3 heteroatoms. The van der Waals surface area contributed by atoms with Gasteiger partial charge in [0.2, 0.25) is 0 Å². The van der Waals surface area contributed by atoms with Gasteiger partial charge in [0.15, 0.2) is 5.78 Å². The van der Waals surface area contributed by atoms with E-state index in [0.29, 0.717) is 10.5 Å². The maximum Gasteiger partial charge on any atom is 0.175 e. The molecule has 2 aromatic rings. The van der Waals surface area contributed by atoms with Crippen LogP contribution < -0.4 is 0 Å².